The fraction of sp³-hybridized carbons (Fsp3) is 0.647. The third-order valence-corrected chi connectivity index (χ3v) is 4.98. The smallest absolute Gasteiger partial charge is 0.0175 e. The monoisotopic (exact) mass is 323 g/mol. The number of benzene rings is 1. The fourth-order valence-corrected chi connectivity index (χ4v) is 3.44. The lowest BCUT2D eigenvalue weighted by Gasteiger charge is -2.40. The van der Waals surface area contributed by atoms with Crippen LogP contribution in [0.2, 0.25) is 0 Å². The summed E-state index contributed by atoms with van der Waals surface area (Å²) in [7, 11) is 0. The summed E-state index contributed by atoms with van der Waals surface area (Å²) in [5.41, 5.74) is 1.86. The van der Waals surface area contributed by atoms with E-state index in [0.717, 1.165) is 10.9 Å². The van der Waals surface area contributed by atoms with E-state index in [0.29, 0.717) is 17.5 Å². The van der Waals surface area contributed by atoms with E-state index in [4.69, 9.17) is 0 Å². The summed E-state index contributed by atoms with van der Waals surface area (Å²) >= 11 is 3.49. The molecule has 0 spiro atoms. The second-order valence-corrected chi connectivity index (χ2v) is 7.60. The predicted octanol–water partition coefficient (Wildman–Crippen LogP) is 4.94. The number of halogens is 1. The molecule has 0 bridgehead atoms. The van der Waals surface area contributed by atoms with Gasteiger partial charge < -0.3 is 5.32 Å². The van der Waals surface area contributed by atoms with Crippen molar-refractivity contribution in [3.63, 3.8) is 0 Å². The Hall–Kier alpha value is -0.340. The quantitative estimate of drug-likeness (QED) is 0.827. The Morgan fingerprint density at radius 3 is 2.58 bits per heavy atom. The normalized spacial score (nSPS) is 24.1. The molecule has 0 aromatic heterocycles. The molecule has 0 aliphatic heterocycles. The van der Waals surface area contributed by atoms with Gasteiger partial charge in [-0.25, -0.2) is 0 Å². The van der Waals surface area contributed by atoms with Crippen LogP contribution in [0.4, 0.5) is 0 Å². The molecule has 2 rings (SSSR count). The van der Waals surface area contributed by atoms with Crippen molar-refractivity contribution in [3.05, 3.63) is 34.3 Å². The minimum Gasteiger partial charge on any atom is -0.311 e. The molecule has 106 valence electrons. The first-order chi connectivity index (χ1) is 8.97. The third kappa shape index (κ3) is 4.32. The van der Waals surface area contributed by atoms with Gasteiger partial charge in [0.2, 0.25) is 0 Å². The zero-order valence-corrected chi connectivity index (χ0v) is 14.0. The maximum atomic E-state index is 3.86. The number of hydrogen-bond donors (Lipinski definition) is 1. The fourth-order valence-electron chi connectivity index (χ4n) is 3.18. The van der Waals surface area contributed by atoms with Gasteiger partial charge in [-0.3, -0.25) is 0 Å². The van der Waals surface area contributed by atoms with E-state index in [1.54, 1.807) is 0 Å². The average molecular weight is 324 g/mol. The summed E-state index contributed by atoms with van der Waals surface area (Å²) in [5.74, 6) is 0. The third-order valence-electron chi connectivity index (χ3n) is 4.45. The van der Waals surface area contributed by atoms with Crippen LogP contribution in [0.3, 0.4) is 0 Å². The molecular weight excluding hydrogens is 298 g/mol. The SMILES string of the molecule is CC(Cc1ccc(Br)cc1)NC1CCCCC1(C)C. The lowest BCUT2D eigenvalue weighted by atomic mass is 9.73. The molecule has 0 radical (unpaired) electrons. The van der Waals surface area contributed by atoms with E-state index < -0.39 is 0 Å². The van der Waals surface area contributed by atoms with Crippen molar-refractivity contribution < 1.29 is 0 Å². The molecule has 1 fully saturated rings. The van der Waals surface area contributed by atoms with Gasteiger partial charge in [-0.1, -0.05) is 54.8 Å². The largest absolute Gasteiger partial charge is 0.311 e. The second-order valence-electron chi connectivity index (χ2n) is 6.69. The summed E-state index contributed by atoms with van der Waals surface area (Å²) in [5, 5.41) is 3.86. The lowest BCUT2D eigenvalue weighted by molar-refractivity contribution is 0.157. The van der Waals surface area contributed by atoms with Gasteiger partial charge in [0.15, 0.2) is 0 Å². The molecule has 1 aromatic carbocycles. The molecule has 1 aliphatic rings. The van der Waals surface area contributed by atoms with Crippen LogP contribution in [0.1, 0.15) is 52.0 Å². The van der Waals surface area contributed by atoms with Crippen LogP contribution < -0.4 is 5.32 Å². The van der Waals surface area contributed by atoms with Crippen molar-refractivity contribution in [3.8, 4) is 0 Å². The molecule has 0 heterocycles. The van der Waals surface area contributed by atoms with E-state index in [1.165, 1.54) is 31.2 Å². The highest BCUT2D eigenvalue weighted by Gasteiger charge is 2.32. The number of hydrogen-bond acceptors (Lipinski definition) is 1. The molecule has 0 saturated heterocycles. The van der Waals surface area contributed by atoms with Crippen LogP contribution in [0.25, 0.3) is 0 Å². The van der Waals surface area contributed by atoms with Gasteiger partial charge >= 0.3 is 0 Å². The molecule has 2 unspecified atom stereocenters. The van der Waals surface area contributed by atoms with Crippen molar-refractivity contribution in [2.45, 2.75) is 65.0 Å². The molecule has 1 saturated carbocycles. The van der Waals surface area contributed by atoms with Gasteiger partial charge in [-0.15, -0.1) is 0 Å². The summed E-state index contributed by atoms with van der Waals surface area (Å²) in [4.78, 5) is 0. The zero-order chi connectivity index (χ0) is 13.9. The van der Waals surface area contributed by atoms with Crippen molar-refractivity contribution in [1.82, 2.24) is 5.32 Å². The molecule has 1 aliphatic carbocycles. The maximum absolute atomic E-state index is 3.86. The summed E-state index contributed by atoms with van der Waals surface area (Å²) in [6.07, 6.45) is 6.57. The summed E-state index contributed by atoms with van der Waals surface area (Å²) in [6.45, 7) is 7.14. The Morgan fingerprint density at radius 2 is 1.95 bits per heavy atom. The standard InChI is InChI=1S/C17H26BrN/c1-13(12-14-7-9-15(18)10-8-14)19-16-6-4-5-11-17(16,2)3/h7-10,13,16,19H,4-6,11-12H2,1-3H3. The summed E-state index contributed by atoms with van der Waals surface area (Å²) < 4.78 is 1.16. The van der Waals surface area contributed by atoms with E-state index >= 15 is 0 Å². The van der Waals surface area contributed by atoms with Crippen LogP contribution in [-0.4, -0.2) is 12.1 Å². The minimum atomic E-state index is 0.451. The van der Waals surface area contributed by atoms with Gasteiger partial charge in [0.1, 0.15) is 0 Å². The molecular formula is C17H26BrN. The number of nitrogens with one attached hydrogen (secondary N) is 1. The van der Waals surface area contributed by atoms with Crippen LogP contribution in [0.5, 0.6) is 0 Å². The van der Waals surface area contributed by atoms with Gasteiger partial charge in [-0.05, 0) is 49.3 Å². The molecule has 2 heteroatoms. The van der Waals surface area contributed by atoms with Gasteiger partial charge in [0, 0.05) is 16.6 Å². The highest BCUT2D eigenvalue weighted by atomic mass is 79.9. The van der Waals surface area contributed by atoms with E-state index in [2.05, 4.69) is 66.3 Å². The molecule has 1 N–H and O–H groups in total. The van der Waals surface area contributed by atoms with Crippen LogP contribution in [0.15, 0.2) is 28.7 Å². The Balaban J connectivity index is 1.90. The molecule has 1 aromatic rings. The van der Waals surface area contributed by atoms with E-state index in [1.807, 2.05) is 0 Å². The van der Waals surface area contributed by atoms with E-state index in [9.17, 15) is 0 Å². The zero-order valence-electron chi connectivity index (χ0n) is 12.4. The minimum absolute atomic E-state index is 0.451. The van der Waals surface area contributed by atoms with Crippen LogP contribution in [-0.2, 0) is 6.42 Å². The van der Waals surface area contributed by atoms with Gasteiger partial charge in [-0.2, -0.15) is 0 Å². The average Bonchev–Trinajstić information content (AvgIpc) is 2.35. The highest BCUT2D eigenvalue weighted by molar-refractivity contribution is 9.10. The van der Waals surface area contributed by atoms with Crippen LogP contribution >= 0.6 is 15.9 Å². The molecule has 0 amide bonds. The topological polar surface area (TPSA) is 12.0 Å². The molecule has 1 nitrogen and oxygen atoms in total. The molecule has 19 heavy (non-hydrogen) atoms. The Bertz CT molecular complexity index is 396. The van der Waals surface area contributed by atoms with Crippen molar-refractivity contribution in [2.75, 3.05) is 0 Å². The Kier molecular flexibility index (Phi) is 5.08. The Labute approximate surface area is 126 Å². The first-order valence-electron chi connectivity index (χ1n) is 7.48. The van der Waals surface area contributed by atoms with Gasteiger partial charge in [0.25, 0.3) is 0 Å². The lowest BCUT2D eigenvalue weighted by Crippen LogP contribution is -2.48. The van der Waals surface area contributed by atoms with Crippen molar-refractivity contribution in [1.29, 1.82) is 0 Å². The van der Waals surface area contributed by atoms with Crippen molar-refractivity contribution in [2.24, 2.45) is 5.41 Å². The summed E-state index contributed by atoms with van der Waals surface area (Å²) in [6, 6.07) is 9.91. The maximum Gasteiger partial charge on any atom is 0.0175 e. The first-order valence-corrected chi connectivity index (χ1v) is 8.27. The first kappa shape index (κ1) is 15.1. The number of rotatable bonds is 4. The highest BCUT2D eigenvalue weighted by Crippen LogP contribution is 2.35. The van der Waals surface area contributed by atoms with Crippen molar-refractivity contribution >= 4 is 15.9 Å². The second kappa shape index (κ2) is 6.41. The predicted molar refractivity (Wildman–Crippen MR) is 86.5 cm³/mol. The van der Waals surface area contributed by atoms with Crippen LogP contribution in [0, 0.1) is 5.41 Å². The van der Waals surface area contributed by atoms with E-state index in [-0.39, 0.29) is 0 Å². The Morgan fingerprint density at radius 1 is 1.26 bits per heavy atom. The molecule has 2 atom stereocenters. The van der Waals surface area contributed by atoms with Gasteiger partial charge in [0.05, 0.1) is 0 Å².